The minimum absolute atomic E-state index is 0.389. The average molecular weight is 200 g/mol. The first kappa shape index (κ1) is 10.2. The van der Waals surface area contributed by atoms with Crippen LogP contribution in [0.3, 0.4) is 0 Å². The van der Waals surface area contributed by atoms with E-state index < -0.39 is 0 Å². The van der Waals surface area contributed by atoms with Gasteiger partial charge in [0.1, 0.15) is 5.75 Å². The number of halogens is 1. The maximum Gasteiger partial charge on any atom is 0.142 e. The molecule has 1 N–H and O–H groups in total. The summed E-state index contributed by atoms with van der Waals surface area (Å²) in [5, 5.41) is 3.06. The second-order valence-electron chi connectivity index (χ2n) is 2.97. The van der Waals surface area contributed by atoms with Crippen molar-refractivity contribution in [1.29, 1.82) is 0 Å². The highest BCUT2D eigenvalue weighted by molar-refractivity contribution is 6.18. The van der Waals surface area contributed by atoms with Gasteiger partial charge in [-0.15, -0.1) is 11.6 Å². The Morgan fingerprint density at radius 3 is 2.62 bits per heavy atom. The maximum absolute atomic E-state index is 5.61. The van der Waals surface area contributed by atoms with Crippen molar-refractivity contribution in [2.24, 2.45) is 0 Å². The zero-order chi connectivity index (χ0) is 9.84. The molecule has 0 radical (unpaired) electrons. The third kappa shape index (κ3) is 2.28. The molecular formula is C10H14ClNO. The number of nitrogens with one attached hydrogen (secondary N) is 1. The molecule has 0 aromatic heterocycles. The van der Waals surface area contributed by atoms with Gasteiger partial charge in [0, 0.05) is 0 Å². The molecular weight excluding hydrogens is 186 g/mol. The smallest absolute Gasteiger partial charge is 0.142 e. The number of anilines is 1. The summed E-state index contributed by atoms with van der Waals surface area (Å²) in [6, 6.07) is 4.47. The summed E-state index contributed by atoms with van der Waals surface area (Å²) in [6.45, 7) is 4.07. The fourth-order valence-electron chi connectivity index (χ4n) is 1.38. The number of hydrogen-bond donors (Lipinski definition) is 1. The lowest BCUT2D eigenvalue weighted by Crippen LogP contribution is -2.00. The Hall–Kier alpha value is -0.890. The number of alkyl halides is 1. The molecule has 0 aliphatic heterocycles. The molecule has 72 valence electrons. The maximum atomic E-state index is 5.61. The molecule has 0 fully saturated rings. The highest BCUT2D eigenvalue weighted by atomic mass is 35.5. The first-order chi connectivity index (χ1) is 6.19. The first-order valence-electron chi connectivity index (χ1n) is 4.14. The minimum atomic E-state index is 0.389. The van der Waals surface area contributed by atoms with Crippen molar-refractivity contribution in [3.63, 3.8) is 0 Å². The van der Waals surface area contributed by atoms with Crippen LogP contribution in [0.4, 0.5) is 5.69 Å². The molecule has 0 saturated carbocycles. The molecule has 0 saturated heterocycles. The largest absolute Gasteiger partial charge is 0.495 e. The Bertz CT molecular complexity index is 299. The molecule has 1 aromatic carbocycles. The Morgan fingerprint density at radius 2 is 2.08 bits per heavy atom. The van der Waals surface area contributed by atoms with Crippen LogP contribution in [-0.2, 0) is 0 Å². The predicted octanol–water partition coefficient (Wildman–Crippen LogP) is 2.92. The highest BCUT2D eigenvalue weighted by Crippen LogP contribution is 2.29. The minimum Gasteiger partial charge on any atom is -0.495 e. The van der Waals surface area contributed by atoms with Gasteiger partial charge in [-0.25, -0.2) is 0 Å². The van der Waals surface area contributed by atoms with Crippen molar-refractivity contribution in [2.75, 3.05) is 18.4 Å². The zero-order valence-corrected chi connectivity index (χ0v) is 8.90. The van der Waals surface area contributed by atoms with E-state index in [1.165, 1.54) is 5.56 Å². The van der Waals surface area contributed by atoms with Crippen LogP contribution in [0.1, 0.15) is 11.1 Å². The number of benzene rings is 1. The summed E-state index contributed by atoms with van der Waals surface area (Å²) < 4.78 is 5.24. The van der Waals surface area contributed by atoms with Gasteiger partial charge in [0.25, 0.3) is 0 Å². The highest BCUT2D eigenvalue weighted by Gasteiger charge is 2.05. The molecule has 0 spiro atoms. The van der Waals surface area contributed by atoms with Gasteiger partial charge in [0.05, 0.1) is 18.8 Å². The Balaban J connectivity index is 3.13. The average Bonchev–Trinajstić information content (AvgIpc) is 2.09. The van der Waals surface area contributed by atoms with Gasteiger partial charge in [-0.05, 0) is 31.0 Å². The molecule has 0 amide bonds. The van der Waals surface area contributed by atoms with Crippen LogP contribution >= 0.6 is 11.6 Å². The molecule has 1 rings (SSSR count). The number of methoxy groups -OCH3 is 1. The van der Waals surface area contributed by atoms with Crippen LogP contribution in [0.5, 0.6) is 5.75 Å². The van der Waals surface area contributed by atoms with E-state index in [2.05, 4.69) is 11.4 Å². The van der Waals surface area contributed by atoms with Crippen molar-refractivity contribution in [3.8, 4) is 5.75 Å². The molecule has 0 unspecified atom stereocenters. The Labute approximate surface area is 83.9 Å². The van der Waals surface area contributed by atoms with Gasteiger partial charge in [-0.3, -0.25) is 0 Å². The predicted molar refractivity (Wildman–Crippen MR) is 56.8 cm³/mol. The van der Waals surface area contributed by atoms with E-state index >= 15 is 0 Å². The van der Waals surface area contributed by atoms with Crippen LogP contribution in [0, 0.1) is 13.8 Å². The van der Waals surface area contributed by atoms with Gasteiger partial charge >= 0.3 is 0 Å². The van der Waals surface area contributed by atoms with Gasteiger partial charge in [-0.2, -0.15) is 0 Å². The van der Waals surface area contributed by atoms with Crippen molar-refractivity contribution in [3.05, 3.63) is 23.3 Å². The Morgan fingerprint density at radius 1 is 1.38 bits per heavy atom. The van der Waals surface area contributed by atoms with Crippen molar-refractivity contribution < 1.29 is 4.74 Å². The Kier molecular flexibility index (Phi) is 3.43. The van der Waals surface area contributed by atoms with Crippen LogP contribution in [0.25, 0.3) is 0 Å². The topological polar surface area (TPSA) is 21.3 Å². The van der Waals surface area contributed by atoms with E-state index in [1.807, 2.05) is 19.9 Å². The van der Waals surface area contributed by atoms with Gasteiger partial charge in [0.15, 0.2) is 0 Å². The normalized spacial score (nSPS) is 9.85. The van der Waals surface area contributed by atoms with Crippen molar-refractivity contribution in [2.45, 2.75) is 13.8 Å². The summed E-state index contributed by atoms with van der Waals surface area (Å²) in [7, 11) is 1.66. The summed E-state index contributed by atoms with van der Waals surface area (Å²) in [5.74, 6) is 0.846. The quantitative estimate of drug-likeness (QED) is 0.597. The van der Waals surface area contributed by atoms with Gasteiger partial charge in [-0.1, -0.05) is 6.07 Å². The van der Waals surface area contributed by atoms with Crippen LogP contribution in [0.2, 0.25) is 0 Å². The summed E-state index contributed by atoms with van der Waals surface area (Å²) in [6.07, 6.45) is 0. The number of hydrogen-bond acceptors (Lipinski definition) is 2. The molecule has 2 nitrogen and oxygen atoms in total. The second kappa shape index (κ2) is 4.38. The van der Waals surface area contributed by atoms with Crippen LogP contribution in [-0.4, -0.2) is 13.1 Å². The third-order valence-electron chi connectivity index (χ3n) is 1.91. The third-order valence-corrected chi connectivity index (χ3v) is 2.04. The molecule has 0 atom stereocenters. The molecule has 0 heterocycles. The van der Waals surface area contributed by atoms with E-state index in [0.29, 0.717) is 6.00 Å². The standard InChI is InChI=1S/C10H14ClNO/c1-7-4-8(2)10(12-6-11)9(5-7)13-3/h4-5,12H,6H2,1-3H3. The fraction of sp³-hybridized carbons (Fsp3) is 0.400. The summed E-state index contributed by atoms with van der Waals surface area (Å²) >= 11 is 5.61. The second-order valence-corrected chi connectivity index (χ2v) is 3.24. The lowest BCUT2D eigenvalue weighted by atomic mass is 10.1. The lowest BCUT2D eigenvalue weighted by Gasteiger charge is -2.12. The number of rotatable bonds is 3. The van der Waals surface area contributed by atoms with E-state index in [1.54, 1.807) is 7.11 Å². The lowest BCUT2D eigenvalue weighted by molar-refractivity contribution is 0.416. The molecule has 13 heavy (non-hydrogen) atoms. The van der Waals surface area contributed by atoms with E-state index in [-0.39, 0.29) is 0 Å². The SMILES string of the molecule is COc1cc(C)cc(C)c1NCCl. The zero-order valence-electron chi connectivity index (χ0n) is 8.15. The monoisotopic (exact) mass is 199 g/mol. The molecule has 0 aliphatic rings. The van der Waals surface area contributed by atoms with Crippen molar-refractivity contribution >= 4 is 17.3 Å². The molecule has 1 aromatic rings. The van der Waals surface area contributed by atoms with Crippen LogP contribution in [0.15, 0.2) is 12.1 Å². The van der Waals surface area contributed by atoms with E-state index in [0.717, 1.165) is 17.0 Å². The fourth-order valence-corrected chi connectivity index (χ4v) is 1.52. The van der Waals surface area contributed by atoms with E-state index in [4.69, 9.17) is 16.3 Å². The molecule has 0 aliphatic carbocycles. The molecule has 0 bridgehead atoms. The first-order valence-corrected chi connectivity index (χ1v) is 4.67. The van der Waals surface area contributed by atoms with Gasteiger partial charge < -0.3 is 10.1 Å². The summed E-state index contributed by atoms with van der Waals surface area (Å²) in [5.41, 5.74) is 3.31. The molecule has 3 heteroatoms. The number of aryl methyl sites for hydroxylation is 2. The summed E-state index contributed by atoms with van der Waals surface area (Å²) in [4.78, 5) is 0. The van der Waals surface area contributed by atoms with Crippen LogP contribution < -0.4 is 10.1 Å². The van der Waals surface area contributed by atoms with Gasteiger partial charge in [0.2, 0.25) is 0 Å². The number of ether oxygens (including phenoxy) is 1. The van der Waals surface area contributed by atoms with Crippen molar-refractivity contribution in [1.82, 2.24) is 0 Å². The van der Waals surface area contributed by atoms with E-state index in [9.17, 15) is 0 Å².